The van der Waals surface area contributed by atoms with Crippen LogP contribution in [0, 0.1) is 17.6 Å². The van der Waals surface area contributed by atoms with E-state index < -0.39 is 17.7 Å². The van der Waals surface area contributed by atoms with Gasteiger partial charge in [-0.05, 0) is 55.0 Å². The Morgan fingerprint density at radius 1 is 1.13 bits per heavy atom. The van der Waals surface area contributed by atoms with E-state index in [-0.39, 0.29) is 23.7 Å². The number of carbonyl (C=O) groups excluding carboxylic acids is 2. The Morgan fingerprint density at radius 2 is 1.97 bits per heavy atom. The lowest BCUT2D eigenvalue weighted by atomic mass is 10.1. The Morgan fingerprint density at radius 3 is 2.77 bits per heavy atom. The van der Waals surface area contributed by atoms with Crippen LogP contribution in [0.1, 0.15) is 30.7 Å². The van der Waals surface area contributed by atoms with Crippen molar-refractivity contribution >= 4 is 38.5 Å². The van der Waals surface area contributed by atoms with Gasteiger partial charge in [0.05, 0.1) is 10.2 Å². The van der Waals surface area contributed by atoms with E-state index in [2.05, 4.69) is 10.3 Å². The number of anilines is 1. The van der Waals surface area contributed by atoms with Crippen molar-refractivity contribution in [2.24, 2.45) is 5.92 Å². The number of amides is 2. The number of hydrogen-bond donors (Lipinski definition) is 1. The highest BCUT2D eigenvalue weighted by atomic mass is 32.1. The fourth-order valence-corrected chi connectivity index (χ4v) is 5.08. The summed E-state index contributed by atoms with van der Waals surface area (Å²) in [7, 11) is 0. The van der Waals surface area contributed by atoms with E-state index in [0.29, 0.717) is 30.1 Å². The number of benzene rings is 2. The zero-order valence-corrected chi connectivity index (χ0v) is 16.8. The summed E-state index contributed by atoms with van der Waals surface area (Å²) in [5.41, 5.74) is 1.45. The van der Waals surface area contributed by atoms with Crippen LogP contribution in [0.5, 0.6) is 0 Å². The second-order valence-corrected chi connectivity index (χ2v) is 8.82. The van der Waals surface area contributed by atoms with Gasteiger partial charge in [-0.25, -0.2) is 13.8 Å². The van der Waals surface area contributed by atoms with Gasteiger partial charge in [-0.3, -0.25) is 9.59 Å². The minimum absolute atomic E-state index is 0.0910. The molecule has 5 nitrogen and oxygen atoms in total. The molecule has 0 radical (unpaired) electrons. The first kappa shape index (κ1) is 19.1. The van der Waals surface area contributed by atoms with Crippen LogP contribution in [-0.4, -0.2) is 34.3 Å². The number of para-hydroxylation sites is 1. The monoisotopic (exact) mass is 427 g/mol. The molecule has 3 aromatic rings. The van der Waals surface area contributed by atoms with E-state index in [1.807, 2.05) is 24.3 Å². The van der Waals surface area contributed by atoms with Gasteiger partial charge in [0.2, 0.25) is 11.8 Å². The van der Waals surface area contributed by atoms with Crippen molar-refractivity contribution < 1.29 is 18.4 Å². The minimum atomic E-state index is -0.903. The van der Waals surface area contributed by atoms with E-state index in [0.717, 1.165) is 28.8 Å². The molecule has 154 valence electrons. The number of rotatable bonds is 4. The maximum absolute atomic E-state index is 13.5. The zero-order valence-electron chi connectivity index (χ0n) is 16.0. The summed E-state index contributed by atoms with van der Waals surface area (Å²) < 4.78 is 27.7. The maximum Gasteiger partial charge on any atom is 0.248 e. The molecule has 5 rings (SSSR count). The maximum atomic E-state index is 13.5. The summed E-state index contributed by atoms with van der Waals surface area (Å²) in [6.45, 7) is 0.526. The molecule has 2 heterocycles. The van der Waals surface area contributed by atoms with Crippen molar-refractivity contribution in [3.05, 3.63) is 59.7 Å². The molecule has 3 atom stereocenters. The number of halogens is 2. The molecule has 2 amide bonds. The Labute approximate surface area is 175 Å². The van der Waals surface area contributed by atoms with Gasteiger partial charge < -0.3 is 10.2 Å². The number of nitrogens with zero attached hydrogens (tertiary/aromatic N) is 2. The number of aromatic nitrogens is 1. The molecule has 0 spiro atoms. The molecule has 2 aromatic carbocycles. The van der Waals surface area contributed by atoms with E-state index in [1.165, 1.54) is 17.4 Å². The third kappa shape index (κ3) is 3.45. The number of likely N-dealkylation sites (tertiary alicyclic amines) is 1. The first-order valence-corrected chi connectivity index (χ1v) is 10.7. The third-order valence-electron chi connectivity index (χ3n) is 5.84. The number of thiazole rings is 1. The van der Waals surface area contributed by atoms with Crippen LogP contribution in [0.15, 0.2) is 42.5 Å². The molecular formula is C22H19F2N3O2S. The molecule has 8 heteroatoms. The van der Waals surface area contributed by atoms with Crippen LogP contribution in [0.4, 0.5) is 13.9 Å². The number of fused-ring (bicyclic) bond motifs is 1. The van der Waals surface area contributed by atoms with Crippen molar-refractivity contribution in [2.75, 3.05) is 11.9 Å². The summed E-state index contributed by atoms with van der Waals surface area (Å²) in [5, 5.41) is 3.38. The summed E-state index contributed by atoms with van der Waals surface area (Å²) in [4.78, 5) is 31.9. The van der Waals surface area contributed by atoms with Crippen molar-refractivity contribution in [3.63, 3.8) is 0 Å². The van der Waals surface area contributed by atoms with Crippen LogP contribution >= 0.6 is 11.3 Å². The van der Waals surface area contributed by atoms with Gasteiger partial charge >= 0.3 is 0 Å². The van der Waals surface area contributed by atoms with Gasteiger partial charge in [0.25, 0.3) is 0 Å². The van der Waals surface area contributed by atoms with E-state index in [9.17, 15) is 18.4 Å². The standard InChI is InChI=1S/C22H19F2N3O2S/c23-15-8-7-12(10-16(15)24)13-11-14(13)21(29)27-9-3-5-18(27)20(28)26-22-25-17-4-1-2-6-19(17)30-22/h1-2,4,6-8,10,13-14,18H,3,5,9,11H2,(H,25,26,28). The van der Waals surface area contributed by atoms with Gasteiger partial charge in [0.1, 0.15) is 6.04 Å². The highest BCUT2D eigenvalue weighted by Crippen LogP contribution is 2.49. The number of hydrogen-bond acceptors (Lipinski definition) is 4. The lowest BCUT2D eigenvalue weighted by molar-refractivity contribution is -0.137. The van der Waals surface area contributed by atoms with Crippen LogP contribution in [0.3, 0.4) is 0 Å². The molecule has 2 aliphatic rings. The van der Waals surface area contributed by atoms with E-state index >= 15 is 0 Å². The lowest BCUT2D eigenvalue weighted by Gasteiger charge is -2.23. The minimum Gasteiger partial charge on any atom is -0.330 e. The Balaban J connectivity index is 1.27. The molecule has 0 bridgehead atoms. The normalized spacial score (nSPS) is 23.0. The average Bonchev–Trinajstić information content (AvgIpc) is 3.18. The molecule has 1 aliphatic heterocycles. The topological polar surface area (TPSA) is 62.3 Å². The molecule has 1 N–H and O–H groups in total. The molecule has 1 aromatic heterocycles. The van der Waals surface area contributed by atoms with Crippen LogP contribution in [0.2, 0.25) is 0 Å². The van der Waals surface area contributed by atoms with Gasteiger partial charge in [-0.1, -0.05) is 29.5 Å². The van der Waals surface area contributed by atoms with Crippen LogP contribution in [-0.2, 0) is 9.59 Å². The first-order chi connectivity index (χ1) is 14.5. The Hall–Kier alpha value is -2.87. The summed E-state index contributed by atoms with van der Waals surface area (Å²) >= 11 is 1.40. The predicted molar refractivity (Wildman–Crippen MR) is 110 cm³/mol. The SMILES string of the molecule is O=C(Nc1nc2ccccc2s1)C1CCCN1C(=O)C1CC1c1ccc(F)c(F)c1. The number of nitrogens with one attached hydrogen (secondary N) is 1. The van der Waals surface area contributed by atoms with Crippen LogP contribution in [0.25, 0.3) is 10.2 Å². The summed E-state index contributed by atoms with van der Waals surface area (Å²) in [5.74, 6) is -2.53. The molecule has 1 saturated heterocycles. The summed E-state index contributed by atoms with van der Waals surface area (Å²) in [6.07, 6.45) is 1.95. The first-order valence-electron chi connectivity index (χ1n) is 9.93. The lowest BCUT2D eigenvalue weighted by Crippen LogP contribution is -2.44. The fourth-order valence-electron chi connectivity index (χ4n) is 4.21. The number of carbonyl (C=O) groups is 2. The molecule has 1 aliphatic carbocycles. The molecule has 3 unspecified atom stereocenters. The quantitative estimate of drug-likeness (QED) is 0.675. The molecular weight excluding hydrogens is 408 g/mol. The third-order valence-corrected chi connectivity index (χ3v) is 6.79. The van der Waals surface area contributed by atoms with Crippen molar-refractivity contribution in [1.82, 2.24) is 9.88 Å². The smallest absolute Gasteiger partial charge is 0.248 e. The van der Waals surface area contributed by atoms with Crippen molar-refractivity contribution in [3.8, 4) is 0 Å². The average molecular weight is 427 g/mol. The predicted octanol–water partition coefficient (Wildman–Crippen LogP) is 4.31. The Kier molecular flexibility index (Phi) is 4.73. The van der Waals surface area contributed by atoms with Crippen molar-refractivity contribution in [2.45, 2.75) is 31.2 Å². The van der Waals surface area contributed by atoms with Crippen molar-refractivity contribution in [1.29, 1.82) is 0 Å². The Bertz CT molecular complexity index is 1120. The van der Waals surface area contributed by atoms with E-state index in [1.54, 1.807) is 4.90 Å². The largest absolute Gasteiger partial charge is 0.330 e. The highest BCUT2D eigenvalue weighted by Gasteiger charge is 2.48. The van der Waals surface area contributed by atoms with Gasteiger partial charge in [0.15, 0.2) is 16.8 Å². The second kappa shape index (κ2) is 7.43. The van der Waals surface area contributed by atoms with Gasteiger partial charge in [-0.15, -0.1) is 0 Å². The summed E-state index contributed by atoms with van der Waals surface area (Å²) in [6, 6.07) is 10.9. The second-order valence-electron chi connectivity index (χ2n) is 7.79. The molecule has 30 heavy (non-hydrogen) atoms. The molecule has 2 fully saturated rings. The fraction of sp³-hybridized carbons (Fsp3) is 0.318. The zero-order chi connectivity index (χ0) is 20.8. The van der Waals surface area contributed by atoms with Gasteiger partial charge in [0, 0.05) is 12.5 Å². The van der Waals surface area contributed by atoms with Crippen LogP contribution < -0.4 is 5.32 Å². The van der Waals surface area contributed by atoms with E-state index in [4.69, 9.17) is 0 Å². The highest BCUT2D eigenvalue weighted by molar-refractivity contribution is 7.22. The van der Waals surface area contributed by atoms with Gasteiger partial charge in [-0.2, -0.15) is 0 Å². The molecule has 1 saturated carbocycles.